The predicted molar refractivity (Wildman–Crippen MR) is 121 cm³/mol. The summed E-state index contributed by atoms with van der Waals surface area (Å²) in [5.41, 5.74) is -0.853. The lowest BCUT2D eigenvalue weighted by molar-refractivity contribution is -0.386. The van der Waals surface area contributed by atoms with Crippen LogP contribution in [-0.4, -0.2) is 37.3 Å². The number of rotatable bonds is 16. The Morgan fingerprint density at radius 2 is 1.11 bits per heavy atom. The summed E-state index contributed by atoms with van der Waals surface area (Å²) in [6, 6.07) is 7.56. The smallest absolute Gasteiger partial charge is 0.278 e. The Bertz CT molecular complexity index is 1120. The Morgan fingerprint density at radius 3 is 1.43 bits per heavy atom. The third-order valence-corrected chi connectivity index (χ3v) is 6.32. The van der Waals surface area contributed by atoms with Crippen molar-refractivity contribution in [2.24, 2.45) is 0 Å². The van der Waals surface area contributed by atoms with E-state index in [1.54, 1.807) is 0 Å². The Morgan fingerprint density at radius 1 is 0.730 bits per heavy atom. The minimum atomic E-state index is -4.57. The summed E-state index contributed by atoms with van der Waals surface area (Å²) in [4.78, 5) is 43.8. The number of nitro benzene ring substituents is 2. The van der Waals surface area contributed by atoms with E-state index >= 15 is 0 Å². The third-order valence-electron chi connectivity index (χ3n) is 4.54. The monoisotopic (exact) mass is 564 g/mol. The lowest BCUT2D eigenvalue weighted by Crippen LogP contribution is -2.08. The lowest BCUT2D eigenvalue weighted by Gasteiger charge is -2.20. The maximum absolute atomic E-state index is 11.3. The Labute approximate surface area is 210 Å². The van der Waals surface area contributed by atoms with Gasteiger partial charge in [0.25, 0.3) is 27.0 Å². The largest absolute Gasteiger partial charge is 0.756 e. The summed E-state index contributed by atoms with van der Waals surface area (Å²) < 4.78 is 50.9. The maximum Gasteiger partial charge on any atom is 0.278 e. The van der Waals surface area contributed by atoms with Gasteiger partial charge < -0.3 is 37.4 Å². The molecule has 2 rings (SSSR count). The molecule has 0 amide bonds. The zero-order valence-electron chi connectivity index (χ0n) is 19.5. The van der Waals surface area contributed by atoms with E-state index in [2.05, 4.69) is 18.1 Å². The van der Waals surface area contributed by atoms with Gasteiger partial charge in [-0.25, -0.2) is 0 Å². The molecule has 204 valence electrons. The molecule has 0 heterocycles. The topological polar surface area (TPSA) is 222 Å². The standard InChI is InChI=1S/C19H24N2O14P2/c1-30-36(26,27)34-12-14-4-6-16(10-18(14)20(22)23)32-8-3-9-33-17-7-5-15(19(11-17)21(24)25)13-35-37(28,29)31-2/h4-7,10-11H,3,8-9,12-13H2,1-2H3,(H,26,27)(H,28,29)/p-2. The fraction of sp³-hybridized carbons (Fsp3) is 0.368. The highest BCUT2D eigenvalue weighted by Gasteiger charge is 2.19. The van der Waals surface area contributed by atoms with E-state index in [9.17, 15) is 39.1 Å². The molecule has 0 saturated heterocycles. The van der Waals surface area contributed by atoms with Gasteiger partial charge in [0.1, 0.15) is 11.5 Å². The lowest BCUT2D eigenvalue weighted by atomic mass is 10.2. The highest BCUT2D eigenvalue weighted by molar-refractivity contribution is 7.46. The number of benzene rings is 2. The fourth-order valence-corrected chi connectivity index (χ4v) is 3.50. The van der Waals surface area contributed by atoms with Crippen LogP contribution in [0.25, 0.3) is 0 Å². The number of hydrogen-bond donors (Lipinski definition) is 0. The fourth-order valence-electron chi connectivity index (χ4n) is 2.69. The zero-order valence-corrected chi connectivity index (χ0v) is 21.3. The van der Waals surface area contributed by atoms with Crippen LogP contribution in [-0.2, 0) is 40.4 Å². The first-order valence-corrected chi connectivity index (χ1v) is 13.1. The molecule has 18 heteroatoms. The van der Waals surface area contributed by atoms with Crippen molar-refractivity contribution in [1.82, 2.24) is 0 Å². The van der Waals surface area contributed by atoms with Crippen molar-refractivity contribution < 1.29 is 56.3 Å². The van der Waals surface area contributed by atoms with Crippen molar-refractivity contribution in [2.45, 2.75) is 19.6 Å². The SMILES string of the molecule is COP(=O)([O-])OCc1ccc(OCCCOc2ccc(COP(=O)([O-])OC)c([N+](=O)[O-])c2)cc1[N+](=O)[O-]. The molecule has 0 aliphatic carbocycles. The van der Waals surface area contributed by atoms with Gasteiger partial charge in [-0.15, -0.1) is 0 Å². The molecule has 0 bridgehead atoms. The van der Waals surface area contributed by atoms with Crippen LogP contribution in [0.15, 0.2) is 36.4 Å². The molecular weight excluding hydrogens is 542 g/mol. The van der Waals surface area contributed by atoms with Crippen molar-refractivity contribution in [2.75, 3.05) is 27.4 Å². The summed E-state index contributed by atoms with van der Waals surface area (Å²) in [6.07, 6.45) is 0.289. The van der Waals surface area contributed by atoms with Crippen molar-refractivity contribution in [3.8, 4) is 11.5 Å². The average molecular weight is 564 g/mol. The first-order chi connectivity index (χ1) is 17.4. The Balaban J connectivity index is 1.91. The molecule has 0 saturated carbocycles. The molecule has 0 fully saturated rings. The van der Waals surface area contributed by atoms with Gasteiger partial charge >= 0.3 is 0 Å². The van der Waals surface area contributed by atoms with E-state index < -0.39 is 50.1 Å². The van der Waals surface area contributed by atoms with Gasteiger partial charge in [-0.1, -0.05) is 0 Å². The van der Waals surface area contributed by atoms with E-state index in [0.29, 0.717) is 0 Å². The predicted octanol–water partition coefficient (Wildman–Crippen LogP) is 2.61. The van der Waals surface area contributed by atoms with Crippen LogP contribution in [0, 0.1) is 20.2 Å². The second kappa shape index (κ2) is 13.6. The molecule has 37 heavy (non-hydrogen) atoms. The summed E-state index contributed by atoms with van der Waals surface area (Å²) in [7, 11) is -7.34. The van der Waals surface area contributed by atoms with Crippen molar-refractivity contribution in [3.63, 3.8) is 0 Å². The van der Waals surface area contributed by atoms with Crippen LogP contribution in [0.5, 0.6) is 11.5 Å². The summed E-state index contributed by atoms with van der Waals surface area (Å²) in [5, 5.41) is 22.6. The quantitative estimate of drug-likeness (QED) is 0.124. The average Bonchev–Trinajstić information content (AvgIpc) is 2.86. The maximum atomic E-state index is 11.3. The third kappa shape index (κ3) is 9.80. The molecule has 2 unspecified atom stereocenters. The number of phosphoric ester groups is 2. The van der Waals surface area contributed by atoms with Gasteiger partial charge in [-0.3, -0.25) is 29.4 Å². The van der Waals surface area contributed by atoms with Crippen molar-refractivity contribution >= 4 is 27.0 Å². The van der Waals surface area contributed by atoms with Gasteiger partial charge in [0.2, 0.25) is 0 Å². The molecule has 0 radical (unpaired) electrons. The van der Waals surface area contributed by atoms with Crippen molar-refractivity contribution in [3.05, 3.63) is 67.8 Å². The van der Waals surface area contributed by atoms with Crippen LogP contribution in [0.4, 0.5) is 11.4 Å². The van der Waals surface area contributed by atoms with E-state index in [1.807, 2.05) is 0 Å². The molecule has 2 aromatic rings. The summed E-state index contributed by atoms with van der Waals surface area (Å²) >= 11 is 0. The van der Waals surface area contributed by atoms with Crippen molar-refractivity contribution in [1.29, 1.82) is 0 Å². The number of hydrogen-bond acceptors (Lipinski definition) is 14. The number of ether oxygens (including phenoxy) is 2. The van der Waals surface area contributed by atoms with Crippen LogP contribution >= 0.6 is 15.6 Å². The van der Waals surface area contributed by atoms with E-state index in [4.69, 9.17) is 9.47 Å². The molecular formula is C19H22N2O14P2-2. The molecule has 16 nitrogen and oxygen atoms in total. The number of nitrogens with zero attached hydrogens (tertiary/aromatic N) is 2. The van der Waals surface area contributed by atoms with Crippen LogP contribution in [0.3, 0.4) is 0 Å². The second-order valence-electron chi connectivity index (χ2n) is 6.95. The van der Waals surface area contributed by atoms with E-state index in [1.165, 1.54) is 24.3 Å². The highest BCUT2D eigenvalue weighted by atomic mass is 31.2. The van der Waals surface area contributed by atoms with E-state index in [0.717, 1.165) is 26.4 Å². The van der Waals surface area contributed by atoms with Crippen LogP contribution in [0.2, 0.25) is 0 Å². The molecule has 0 aliphatic heterocycles. The summed E-state index contributed by atoms with van der Waals surface area (Å²) in [5.74, 6) is 0.276. The normalized spacial score (nSPS) is 14.4. The molecule has 2 aromatic carbocycles. The first-order valence-electron chi connectivity index (χ1n) is 10.2. The van der Waals surface area contributed by atoms with E-state index in [-0.39, 0.29) is 42.3 Å². The molecule has 2 atom stereocenters. The minimum Gasteiger partial charge on any atom is -0.756 e. The molecule has 0 N–H and O–H groups in total. The first kappa shape index (κ1) is 30.3. The van der Waals surface area contributed by atoms with Crippen LogP contribution < -0.4 is 19.3 Å². The minimum absolute atomic E-state index is 0.00969. The number of nitro groups is 2. The second-order valence-corrected chi connectivity index (χ2v) is 9.99. The highest BCUT2D eigenvalue weighted by Crippen LogP contribution is 2.40. The Hall–Kier alpha value is -2.94. The molecule has 0 aliphatic rings. The van der Waals surface area contributed by atoms with Gasteiger partial charge in [-0.05, 0) is 24.3 Å². The zero-order chi connectivity index (χ0) is 27.6. The van der Waals surface area contributed by atoms with Gasteiger partial charge in [0.15, 0.2) is 0 Å². The van der Waals surface area contributed by atoms with Gasteiger partial charge in [-0.2, -0.15) is 0 Å². The number of phosphoric acid groups is 2. The molecule has 0 aromatic heterocycles. The van der Waals surface area contributed by atoms with Gasteiger partial charge in [0.05, 0.1) is 59.5 Å². The Kier molecular flexibility index (Phi) is 11.1. The van der Waals surface area contributed by atoms with Crippen LogP contribution in [0.1, 0.15) is 17.5 Å². The molecule has 0 spiro atoms. The summed E-state index contributed by atoms with van der Waals surface area (Å²) in [6.45, 7) is -1.07. The van der Waals surface area contributed by atoms with Gasteiger partial charge in [0, 0.05) is 20.6 Å².